The molecule has 0 aliphatic heterocycles. The zero-order valence-electron chi connectivity index (χ0n) is 13.1. The molecular weight excluding hydrogens is 467 g/mol. The highest BCUT2D eigenvalue weighted by molar-refractivity contribution is 14.1. The third-order valence-corrected chi connectivity index (χ3v) is 4.57. The molecule has 0 bridgehead atoms. The summed E-state index contributed by atoms with van der Waals surface area (Å²) in [7, 11) is 0. The lowest BCUT2D eigenvalue weighted by Crippen LogP contribution is -1.91. The highest BCUT2D eigenvalue weighted by Gasteiger charge is 2.18. The normalized spacial score (nSPS) is 11.2. The molecule has 0 saturated carbocycles. The average Bonchev–Trinajstić information content (AvgIpc) is 3.09. The number of furan rings is 1. The van der Waals surface area contributed by atoms with E-state index in [0.717, 1.165) is 9.13 Å². The number of nitriles is 1. The second kappa shape index (κ2) is 7.72. The Morgan fingerprint density at radius 2 is 1.92 bits per heavy atom. The average molecular weight is 477 g/mol. The fourth-order valence-corrected chi connectivity index (χ4v) is 2.92. The van der Waals surface area contributed by atoms with Crippen molar-refractivity contribution in [2.24, 2.45) is 0 Å². The first kappa shape index (κ1) is 18.2. The van der Waals surface area contributed by atoms with Crippen molar-refractivity contribution >= 4 is 51.5 Å². The molecule has 0 amide bonds. The predicted octanol–water partition coefficient (Wildman–Crippen LogP) is 6.18. The van der Waals surface area contributed by atoms with Gasteiger partial charge in [0.2, 0.25) is 0 Å². The van der Waals surface area contributed by atoms with E-state index >= 15 is 0 Å². The van der Waals surface area contributed by atoms with Crippen molar-refractivity contribution in [1.29, 1.82) is 5.26 Å². The van der Waals surface area contributed by atoms with Crippen LogP contribution in [0.5, 0.6) is 0 Å². The molecule has 0 saturated heterocycles. The fraction of sp³-hybridized carbons (Fsp3) is 0. The van der Waals surface area contributed by atoms with Gasteiger partial charge < -0.3 is 4.42 Å². The van der Waals surface area contributed by atoms with Crippen LogP contribution in [0.4, 0.5) is 5.69 Å². The van der Waals surface area contributed by atoms with E-state index in [4.69, 9.17) is 16.0 Å². The number of hydrogen-bond acceptors (Lipinski definition) is 4. The zero-order chi connectivity index (χ0) is 18.7. The Morgan fingerprint density at radius 3 is 2.58 bits per heavy atom. The SMILES string of the molecule is N#C/C(=C/c1ccc(-c2ccc(Cl)cc2[N+](=O)[O-])o1)c1ccc(I)cc1. The molecule has 0 unspecified atom stereocenters. The van der Waals surface area contributed by atoms with Crippen LogP contribution >= 0.6 is 34.2 Å². The summed E-state index contributed by atoms with van der Waals surface area (Å²) < 4.78 is 6.77. The summed E-state index contributed by atoms with van der Waals surface area (Å²) in [6, 6.07) is 17.3. The van der Waals surface area contributed by atoms with Gasteiger partial charge in [-0.05, 0) is 70.6 Å². The maximum Gasteiger partial charge on any atom is 0.281 e. The number of nitro benzene ring substituents is 1. The summed E-state index contributed by atoms with van der Waals surface area (Å²) in [4.78, 5) is 10.7. The summed E-state index contributed by atoms with van der Waals surface area (Å²) in [5, 5.41) is 20.9. The van der Waals surface area contributed by atoms with E-state index in [9.17, 15) is 15.4 Å². The van der Waals surface area contributed by atoms with Gasteiger partial charge in [0.25, 0.3) is 5.69 Å². The van der Waals surface area contributed by atoms with E-state index in [-0.39, 0.29) is 10.7 Å². The first-order chi connectivity index (χ1) is 12.5. The number of hydrogen-bond donors (Lipinski definition) is 0. The zero-order valence-corrected chi connectivity index (χ0v) is 16.1. The van der Waals surface area contributed by atoms with E-state index in [1.807, 2.05) is 24.3 Å². The van der Waals surface area contributed by atoms with Gasteiger partial charge >= 0.3 is 0 Å². The molecule has 3 rings (SSSR count). The van der Waals surface area contributed by atoms with Gasteiger partial charge in [0.15, 0.2) is 0 Å². The van der Waals surface area contributed by atoms with Gasteiger partial charge in [-0.15, -0.1) is 0 Å². The molecule has 128 valence electrons. The Labute approximate surface area is 167 Å². The predicted molar refractivity (Wildman–Crippen MR) is 108 cm³/mol. The highest BCUT2D eigenvalue weighted by atomic mass is 127. The van der Waals surface area contributed by atoms with Crippen molar-refractivity contribution < 1.29 is 9.34 Å². The Hall–Kier alpha value is -2.63. The lowest BCUT2D eigenvalue weighted by Gasteiger charge is -2.01. The minimum Gasteiger partial charge on any atom is -0.456 e. The van der Waals surface area contributed by atoms with Crippen LogP contribution in [0.15, 0.2) is 59.0 Å². The van der Waals surface area contributed by atoms with Crippen molar-refractivity contribution in [3.8, 4) is 17.4 Å². The van der Waals surface area contributed by atoms with Gasteiger partial charge in [-0.3, -0.25) is 10.1 Å². The van der Waals surface area contributed by atoms with Crippen LogP contribution in [-0.2, 0) is 0 Å². The number of benzene rings is 2. The Kier molecular flexibility index (Phi) is 5.40. The van der Waals surface area contributed by atoms with Crippen LogP contribution in [-0.4, -0.2) is 4.92 Å². The Bertz CT molecular complexity index is 1050. The van der Waals surface area contributed by atoms with Gasteiger partial charge in [0.05, 0.1) is 22.1 Å². The molecule has 26 heavy (non-hydrogen) atoms. The molecule has 0 spiro atoms. The van der Waals surface area contributed by atoms with Gasteiger partial charge in [-0.1, -0.05) is 23.7 Å². The molecule has 7 heteroatoms. The van der Waals surface area contributed by atoms with Crippen LogP contribution in [0.2, 0.25) is 5.02 Å². The molecule has 0 atom stereocenters. The number of allylic oxidation sites excluding steroid dienone is 1. The lowest BCUT2D eigenvalue weighted by atomic mass is 10.1. The largest absolute Gasteiger partial charge is 0.456 e. The van der Waals surface area contributed by atoms with E-state index in [2.05, 4.69) is 28.7 Å². The van der Waals surface area contributed by atoms with Crippen LogP contribution in [0, 0.1) is 25.0 Å². The summed E-state index contributed by atoms with van der Waals surface area (Å²) >= 11 is 8.03. The summed E-state index contributed by atoms with van der Waals surface area (Å²) in [5.41, 5.74) is 1.39. The molecule has 1 aromatic heterocycles. The number of rotatable bonds is 4. The molecule has 0 N–H and O–H groups in total. The molecule has 0 fully saturated rings. The van der Waals surface area contributed by atoms with E-state index in [1.165, 1.54) is 12.1 Å². The van der Waals surface area contributed by atoms with Crippen LogP contribution in [0.1, 0.15) is 11.3 Å². The molecule has 0 aliphatic rings. The number of nitrogens with zero attached hydrogens (tertiary/aromatic N) is 2. The standard InChI is InChI=1S/C19H10ClIN2O3/c20-14-3-7-17(18(10-14)23(24)25)19-8-6-16(26-19)9-13(11-22)12-1-4-15(21)5-2-12/h1-10H/b13-9-. The molecule has 0 radical (unpaired) electrons. The highest BCUT2D eigenvalue weighted by Crippen LogP contribution is 2.34. The fourth-order valence-electron chi connectivity index (χ4n) is 2.39. The molecular formula is C19H10ClIN2O3. The Balaban J connectivity index is 1.99. The summed E-state index contributed by atoms with van der Waals surface area (Å²) in [5.74, 6) is 0.763. The minimum atomic E-state index is -0.508. The number of halogens is 2. The van der Waals surface area contributed by atoms with Crippen molar-refractivity contribution in [1.82, 2.24) is 0 Å². The van der Waals surface area contributed by atoms with E-state index < -0.39 is 4.92 Å². The maximum atomic E-state index is 11.2. The second-order valence-electron chi connectivity index (χ2n) is 5.30. The molecule has 3 aromatic rings. The summed E-state index contributed by atoms with van der Waals surface area (Å²) in [6.07, 6.45) is 1.60. The van der Waals surface area contributed by atoms with E-state index in [1.54, 1.807) is 24.3 Å². The quantitative estimate of drug-likeness (QED) is 0.195. The van der Waals surface area contributed by atoms with Crippen molar-refractivity contribution in [2.45, 2.75) is 0 Å². The maximum absolute atomic E-state index is 11.2. The van der Waals surface area contributed by atoms with Gasteiger partial charge in [-0.25, -0.2) is 0 Å². The van der Waals surface area contributed by atoms with Gasteiger partial charge in [-0.2, -0.15) is 5.26 Å². The van der Waals surface area contributed by atoms with Crippen molar-refractivity contribution in [3.63, 3.8) is 0 Å². The first-order valence-electron chi connectivity index (χ1n) is 7.40. The third kappa shape index (κ3) is 3.95. The van der Waals surface area contributed by atoms with E-state index in [0.29, 0.717) is 22.7 Å². The second-order valence-corrected chi connectivity index (χ2v) is 6.98. The Morgan fingerprint density at radius 1 is 1.19 bits per heavy atom. The summed E-state index contributed by atoms with van der Waals surface area (Å²) in [6.45, 7) is 0. The third-order valence-electron chi connectivity index (χ3n) is 3.61. The topological polar surface area (TPSA) is 80.1 Å². The van der Waals surface area contributed by atoms with Crippen molar-refractivity contribution in [2.75, 3.05) is 0 Å². The van der Waals surface area contributed by atoms with Gasteiger partial charge in [0, 0.05) is 14.7 Å². The first-order valence-corrected chi connectivity index (χ1v) is 8.85. The molecule has 5 nitrogen and oxygen atoms in total. The number of nitro groups is 1. The van der Waals surface area contributed by atoms with Crippen LogP contribution < -0.4 is 0 Å². The minimum absolute atomic E-state index is 0.138. The molecule has 1 heterocycles. The smallest absolute Gasteiger partial charge is 0.281 e. The lowest BCUT2D eigenvalue weighted by molar-refractivity contribution is -0.384. The molecule has 2 aromatic carbocycles. The molecule has 0 aliphatic carbocycles. The van der Waals surface area contributed by atoms with Crippen molar-refractivity contribution in [3.05, 3.63) is 84.6 Å². The van der Waals surface area contributed by atoms with Gasteiger partial charge in [0.1, 0.15) is 11.5 Å². The van der Waals surface area contributed by atoms with Crippen LogP contribution in [0.3, 0.4) is 0 Å². The van der Waals surface area contributed by atoms with Crippen LogP contribution in [0.25, 0.3) is 23.0 Å². The monoisotopic (exact) mass is 476 g/mol.